The van der Waals surface area contributed by atoms with Crippen LogP contribution in [-0.2, 0) is 0 Å². The molecule has 0 radical (unpaired) electrons. The molecule has 106 valence electrons. The lowest BCUT2D eigenvalue weighted by Crippen LogP contribution is -2.30. The molecular formula is C17H14ClNO2. The van der Waals surface area contributed by atoms with Crippen LogP contribution in [-0.4, -0.2) is 12.5 Å². The number of fused-ring (bicyclic) bond motifs is 1. The first-order valence-electron chi connectivity index (χ1n) is 6.75. The number of carbonyl (C=O) groups is 1. The molecule has 0 aliphatic heterocycles. The average molecular weight is 300 g/mol. The quantitative estimate of drug-likeness (QED) is 0.699. The van der Waals surface area contributed by atoms with Crippen molar-refractivity contribution >= 4 is 34.2 Å². The second kappa shape index (κ2) is 5.62. The molecule has 0 saturated carbocycles. The van der Waals surface area contributed by atoms with E-state index < -0.39 is 0 Å². The molecule has 0 aliphatic rings. The molecule has 1 aromatic heterocycles. The number of furan rings is 1. The van der Waals surface area contributed by atoms with Gasteiger partial charge in [-0.3, -0.25) is 4.79 Å². The topological polar surface area (TPSA) is 33.5 Å². The smallest absolute Gasteiger partial charge is 0.294 e. The summed E-state index contributed by atoms with van der Waals surface area (Å²) in [7, 11) is 0. The number of nitrogens with zero attached hydrogens (tertiary/aromatic N) is 1. The minimum absolute atomic E-state index is 0.156. The van der Waals surface area contributed by atoms with Gasteiger partial charge in [0, 0.05) is 22.6 Å². The van der Waals surface area contributed by atoms with Gasteiger partial charge in [0.05, 0.1) is 0 Å². The van der Waals surface area contributed by atoms with Gasteiger partial charge in [-0.05, 0) is 43.3 Å². The fourth-order valence-electron chi connectivity index (χ4n) is 2.30. The first kappa shape index (κ1) is 13.7. The minimum atomic E-state index is -0.156. The number of halogens is 1. The molecule has 0 fully saturated rings. The summed E-state index contributed by atoms with van der Waals surface area (Å²) in [4.78, 5) is 14.3. The highest BCUT2D eigenvalue weighted by atomic mass is 35.5. The van der Waals surface area contributed by atoms with Gasteiger partial charge < -0.3 is 9.32 Å². The van der Waals surface area contributed by atoms with Crippen molar-refractivity contribution in [2.45, 2.75) is 6.92 Å². The Morgan fingerprint density at radius 3 is 2.62 bits per heavy atom. The number of para-hydroxylation sites is 1. The van der Waals surface area contributed by atoms with E-state index >= 15 is 0 Å². The molecule has 2 aromatic carbocycles. The number of carbonyl (C=O) groups excluding carboxylic acids is 1. The first-order valence-corrected chi connectivity index (χ1v) is 7.13. The van der Waals surface area contributed by atoms with E-state index in [2.05, 4.69) is 0 Å². The van der Waals surface area contributed by atoms with E-state index in [0.29, 0.717) is 22.9 Å². The Morgan fingerprint density at radius 2 is 1.90 bits per heavy atom. The zero-order chi connectivity index (χ0) is 14.8. The van der Waals surface area contributed by atoms with E-state index in [9.17, 15) is 4.79 Å². The van der Waals surface area contributed by atoms with Crippen LogP contribution >= 0.6 is 11.6 Å². The molecule has 0 atom stereocenters. The van der Waals surface area contributed by atoms with E-state index in [1.54, 1.807) is 29.2 Å². The van der Waals surface area contributed by atoms with Gasteiger partial charge in [0.15, 0.2) is 5.76 Å². The first-order chi connectivity index (χ1) is 10.2. The fourth-order valence-corrected chi connectivity index (χ4v) is 2.48. The van der Waals surface area contributed by atoms with E-state index in [1.807, 2.05) is 37.3 Å². The van der Waals surface area contributed by atoms with Crippen molar-refractivity contribution in [3.63, 3.8) is 0 Å². The Morgan fingerprint density at radius 1 is 1.14 bits per heavy atom. The number of rotatable bonds is 3. The summed E-state index contributed by atoms with van der Waals surface area (Å²) in [6, 6.07) is 16.6. The molecule has 0 bridgehead atoms. The van der Waals surface area contributed by atoms with Crippen molar-refractivity contribution in [1.82, 2.24) is 0 Å². The number of amides is 1. The molecule has 0 saturated heterocycles. The second-order valence-corrected chi connectivity index (χ2v) is 5.11. The summed E-state index contributed by atoms with van der Waals surface area (Å²) >= 11 is 5.96. The van der Waals surface area contributed by atoms with Gasteiger partial charge in [-0.2, -0.15) is 0 Å². The SMILES string of the molecule is CCN(C(=O)c1cc2cc(Cl)ccc2o1)c1ccccc1. The van der Waals surface area contributed by atoms with Crippen molar-refractivity contribution < 1.29 is 9.21 Å². The Hall–Kier alpha value is -2.26. The summed E-state index contributed by atoms with van der Waals surface area (Å²) in [5.74, 6) is 0.161. The van der Waals surface area contributed by atoms with Crippen molar-refractivity contribution in [2.75, 3.05) is 11.4 Å². The van der Waals surface area contributed by atoms with E-state index in [0.717, 1.165) is 11.1 Å². The average Bonchev–Trinajstić information content (AvgIpc) is 2.92. The van der Waals surface area contributed by atoms with Gasteiger partial charge in [-0.25, -0.2) is 0 Å². The maximum absolute atomic E-state index is 12.6. The van der Waals surface area contributed by atoms with E-state index in [4.69, 9.17) is 16.0 Å². The third-order valence-corrected chi connectivity index (χ3v) is 3.55. The Labute approximate surface area is 127 Å². The Kier molecular flexibility index (Phi) is 3.67. The van der Waals surface area contributed by atoms with Crippen LogP contribution < -0.4 is 4.90 Å². The lowest BCUT2D eigenvalue weighted by molar-refractivity contribution is 0.0964. The molecule has 3 nitrogen and oxygen atoms in total. The number of anilines is 1. The molecule has 0 N–H and O–H groups in total. The zero-order valence-corrected chi connectivity index (χ0v) is 12.3. The van der Waals surface area contributed by atoms with Crippen LogP contribution in [0.25, 0.3) is 11.0 Å². The number of benzene rings is 2. The van der Waals surface area contributed by atoms with Crippen molar-refractivity contribution in [3.8, 4) is 0 Å². The highest BCUT2D eigenvalue weighted by Gasteiger charge is 2.20. The monoisotopic (exact) mass is 299 g/mol. The predicted octanol–water partition coefficient (Wildman–Crippen LogP) is 4.75. The van der Waals surface area contributed by atoms with Crippen LogP contribution in [0.3, 0.4) is 0 Å². The normalized spacial score (nSPS) is 10.8. The number of hydrogen-bond acceptors (Lipinski definition) is 2. The van der Waals surface area contributed by atoms with Crippen LogP contribution in [0, 0.1) is 0 Å². The van der Waals surface area contributed by atoms with Crippen LogP contribution in [0.2, 0.25) is 5.02 Å². The molecule has 1 heterocycles. The molecule has 0 unspecified atom stereocenters. The predicted molar refractivity (Wildman–Crippen MR) is 85.0 cm³/mol. The van der Waals surface area contributed by atoms with Gasteiger partial charge in [-0.15, -0.1) is 0 Å². The van der Waals surface area contributed by atoms with Crippen molar-refractivity contribution in [2.24, 2.45) is 0 Å². The highest BCUT2D eigenvalue weighted by Crippen LogP contribution is 2.25. The van der Waals surface area contributed by atoms with Crippen LogP contribution in [0.5, 0.6) is 0 Å². The largest absolute Gasteiger partial charge is 0.451 e. The molecule has 3 rings (SSSR count). The molecule has 4 heteroatoms. The van der Waals surface area contributed by atoms with Crippen molar-refractivity contribution in [1.29, 1.82) is 0 Å². The van der Waals surface area contributed by atoms with Crippen LogP contribution in [0.15, 0.2) is 59.0 Å². The summed E-state index contributed by atoms with van der Waals surface area (Å²) < 4.78 is 5.64. The molecule has 0 spiro atoms. The van der Waals surface area contributed by atoms with E-state index in [-0.39, 0.29) is 5.91 Å². The molecular weight excluding hydrogens is 286 g/mol. The maximum Gasteiger partial charge on any atom is 0.294 e. The highest BCUT2D eigenvalue weighted by molar-refractivity contribution is 6.31. The molecule has 21 heavy (non-hydrogen) atoms. The van der Waals surface area contributed by atoms with Crippen LogP contribution in [0.4, 0.5) is 5.69 Å². The summed E-state index contributed by atoms with van der Waals surface area (Å²) in [5.41, 5.74) is 1.51. The fraction of sp³-hybridized carbons (Fsp3) is 0.118. The maximum atomic E-state index is 12.6. The van der Waals surface area contributed by atoms with Gasteiger partial charge in [0.25, 0.3) is 5.91 Å². The molecule has 0 aliphatic carbocycles. The summed E-state index contributed by atoms with van der Waals surface area (Å²) in [6.07, 6.45) is 0. The molecule has 1 amide bonds. The van der Waals surface area contributed by atoms with E-state index in [1.165, 1.54) is 0 Å². The summed E-state index contributed by atoms with van der Waals surface area (Å²) in [5, 5.41) is 1.45. The van der Waals surface area contributed by atoms with Gasteiger partial charge in [-0.1, -0.05) is 29.8 Å². The van der Waals surface area contributed by atoms with Gasteiger partial charge >= 0.3 is 0 Å². The summed E-state index contributed by atoms with van der Waals surface area (Å²) in [6.45, 7) is 2.51. The zero-order valence-electron chi connectivity index (χ0n) is 11.5. The lowest BCUT2D eigenvalue weighted by atomic mass is 10.2. The van der Waals surface area contributed by atoms with Gasteiger partial charge in [0.1, 0.15) is 5.58 Å². The lowest BCUT2D eigenvalue weighted by Gasteiger charge is -2.19. The number of hydrogen-bond donors (Lipinski definition) is 0. The van der Waals surface area contributed by atoms with Gasteiger partial charge in [0.2, 0.25) is 0 Å². The molecule has 3 aromatic rings. The standard InChI is InChI=1S/C17H14ClNO2/c1-2-19(14-6-4-3-5-7-14)17(20)16-11-12-10-13(18)8-9-15(12)21-16/h3-11H,2H2,1H3. The van der Waals surface area contributed by atoms with Crippen molar-refractivity contribution in [3.05, 3.63) is 65.4 Å². The van der Waals surface area contributed by atoms with Crippen LogP contribution in [0.1, 0.15) is 17.5 Å². The third kappa shape index (κ3) is 2.65. The Bertz CT molecular complexity index is 780. The minimum Gasteiger partial charge on any atom is -0.451 e. The Balaban J connectivity index is 1.98. The third-order valence-electron chi connectivity index (χ3n) is 3.32. The second-order valence-electron chi connectivity index (χ2n) is 4.68.